The molecule has 1 saturated heterocycles. The highest BCUT2D eigenvalue weighted by Crippen LogP contribution is 2.31. The van der Waals surface area contributed by atoms with Crippen molar-refractivity contribution in [2.24, 2.45) is 0 Å². The number of aryl methyl sites for hydroxylation is 1. The minimum atomic E-state index is 0.526. The van der Waals surface area contributed by atoms with Gasteiger partial charge in [0.15, 0.2) is 0 Å². The Bertz CT molecular complexity index is 756. The van der Waals surface area contributed by atoms with Gasteiger partial charge in [-0.3, -0.25) is 0 Å². The maximum Gasteiger partial charge on any atom is 0.234 e. The van der Waals surface area contributed by atoms with Gasteiger partial charge in [0.1, 0.15) is 5.82 Å². The van der Waals surface area contributed by atoms with Crippen LogP contribution in [0.2, 0.25) is 0 Å². The second kappa shape index (κ2) is 8.50. The number of anilines is 3. The fraction of sp³-hybridized carbons (Fsp3) is 0.550. The van der Waals surface area contributed by atoms with Crippen LogP contribution in [-0.2, 0) is 0 Å². The van der Waals surface area contributed by atoms with Gasteiger partial charge in [-0.2, -0.15) is 15.0 Å². The highest BCUT2D eigenvalue weighted by molar-refractivity contribution is 14.1. The molecular weight excluding hydrogens is 437 g/mol. The minimum absolute atomic E-state index is 0.526. The van der Waals surface area contributed by atoms with Gasteiger partial charge < -0.3 is 9.80 Å². The zero-order chi connectivity index (χ0) is 18.7. The molecule has 140 valence electrons. The Kier molecular flexibility index (Phi) is 6.32. The van der Waals surface area contributed by atoms with Gasteiger partial charge in [-0.15, -0.1) is 0 Å². The average molecular weight is 465 g/mol. The molecule has 0 N–H and O–H groups in total. The van der Waals surface area contributed by atoms with Crippen molar-refractivity contribution in [2.45, 2.75) is 52.9 Å². The van der Waals surface area contributed by atoms with Crippen LogP contribution >= 0.6 is 22.6 Å². The monoisotopic (exact) mass is 465 g/mol. The molecule has 3 rings (SSSR count). The first-order valence-electron chi connectivity index (χ1n) is 9.54. The number of nitrogens with zero attached hydrogens (tertiary/aromatic N) is 5. The normalized spacial score (nSPS) is 14.8. The SMILES string of the molecule is CCN(c1nc(C)nc(N2CCCCC2)n1)c1ccc(C(C)C)cc1I. The number of benzene rings is 1. The van der Waals surface area contributed by atoms with Gasteiger partial charge in [-0.25, -0.2) is 0 Å². The van der Waals surface area contributed by atoms with E-state index in [2.05, 4.69) is 81.3 Å². The van der Waals surface area contributed by atoms with Crippen LogP contribution in [-0.4, -0.2) is 34.6 Å². The second-order valence-electron chi connectivity index (χ2n) is 7.14. The van der Waals surface area contributed by atoms with E-state index in [9.17, 15) is 0 Å². The lowest BCUT2D eigenvalue weighted by Gasteiger charge is -2.28. The summed E-state index contributed by atoms with van der Waals surface area (Å²) in [5.74, 6) is 2.87. The van der Waals surface area contributed by atoms with Crippen LogP contribution in [0.3, 0.4) is 0 Å². The van der Waals surface area contributed by atoms with Gasteiger partial charge in [0.05, 0.1) is 5.69 Å². The molecule has 6 heteroatoms. The molecule has 0 saturated carbocycles. The molecule has 5 nitrogen and oxygen atoms in total. The third kappa shape index (κ3) is 4.27. The topological polar surface area (TPSA) is 45.2 Å². The van der Waals surface area contributed by atoms with Gasteiger partial charge in [-0.1, -0.05) is 19.9 Å². The molecule has 1 aliphatic rings. The molecule has 0 aliphatic carbocycles. The molecule has 26 heavy (non-hydrogen) atoms. The highest BCUT2D eigenvalue weighted by atomic mass is 127. The summed E-state index contributed by atoms with van der Waals surface area (Å²) in [6.45, 7) is 11.4. The first-order valence-corrected chi connectivity index (χ1v) is 10.6. The van der Waals surface area contributed by atoms with Crippen LogP contribution in [0.4, 0.5) is 17.6 Å². The van der Waals surface area contributed by atoms with Gasteiger partial charge in [0.2, 0.25) is 11.9 Å². The molecule has 2 heterocycles. The Labute approximate surface area is 170 Å². The maximum atomic E-state index is 4.83. The molecule has 1 aliphatic heterocycles. The van der Waals surface area contributed by atoms with E-state index in [0.29, 0.717) is 5.92 Å². The standard InChI is InChI=1S/C20H28IN5/c1-5-26(18-10-9-16(14(2)3)13-17(18)21)20-23-15(4)22-19(24-20)25-11-7-6-8-12-25/h9-10,13-14H,5-8,11-12H2,1-4H3. The van der Waals surface area contributed by atoms with Crippen LogP contribution < -0.4 is 9.80 Å². The van der Waals surface area contributed by atoms with Crippen LogP contribution in [0, 0.1) is 10.5 Å². The van der Waals surface area contributed by atoms with E-state index in [0.717, 1.165) is 43.0 Å². The lowest BCUT2D eigenvalue weighted by atomic mass is 10.0. The lowest BCUT2D eigenvalue weighted by molar-refractivity contribution is 0.566. The number of hydrogen-bond donors (Lipinski definition) is 0. The molecule has 0 atom stereocenters. The van der Waals surface area contributed by atoms with Crippen molar-refractivity contribution in [3.63, 3.8) is 0 Å². The Morgan fingerprint density at radius 1 is 1.12 bits per heavy atom. The van der Waals surface area contributed by atoms with Crippen LogP contribution in [0.25, 0.3) is 0 Å². The number of aromatic nitrogens is 3. The predicted molar refractivity (Wildman–Crippen MR) is 117 cm³/mol. The van der Waals surface area contributed by atoms with Gasteiger partial charge in [-0.05, 0) is 79.3 Å². The van der Waals surface area contributed by atoms with E-state index in [-0.39, 0.29) is 0 Å². The number of hydrogen-bond acceptors (Lipinski definition) is 5. The molecule has 1 fully saturated rings. The van der Waals surface area contributed by atoms with Gasteiger partial charge >= 0.3 is 0 Å². The van der Waals surface area contributed by atoms with Crippen molar-refractivity contribution in [3.8, 4) is 0 Å². The summed E-state index contributed by atoms with van der Waals surface area (Å²) in [6, 6.07) is 6.67. The number of piperidine rings is 1. The van der Waals surface area contributed by atoms with E-state index >= 15 is 0 Å². The van der Waals surface area contributed by atoms with Crippen molar-refractivity contribution in [3.05, 3.63) is 33.2 Å². The second-order valence-corrected chi connectivity index (χ2v) is 8.30. The first-order chi connectivity index (χ1) is 12.5. The fourth-order valence-corrected chi connectivity index (χ4v) is 4.16. The summed E-state index contributed by atoms with van der Waals surface area (Å²) in [7, 11) is 0. The van der Waals surface area contributed by atoms with Gasteiger partial charge in [0, 0.05) is 23.2 Å². The van der Waals surface area contributed by atoms with E-state index in [1.807, 2.05) is 6.92 Å². The van der Waals surface area contributed by atoms with E-state index < -0.39 is 0 Å². The molecular formula is C20H28IN5. The molecule has 0 unspecified atom stereocenters. The van der Waals surface area contributed by atoms with E-state index in [1.54, 1.807) is 0 Å². The third-order valence-electron chi connectivity index (χ3n) is 4.85. The summed E-state index contributed by atoms with van der Waals surface area (Å²) in [6.07, 6.45) is 3.73. The van der Waals surface area contributed by atoms with Crippen molar-refractivity contribution < 1.29 is 0 Å². The fourth-order valence-electron chi connectivity index (χ4n) is 3.33. The largest absolute Gasteiger partial charge is 0.341 e. The zero-order valence-corrected chi connectivity index (χ0v) is 18.3. The molecule has 0 bridgehead atoms. The summed E-state index contributed by atoms with van der Waals surface area (Å²) >= 11 is 2.42. The minimum Gasteiger partial charge on any atom is -0.341 e. The average Bonchev–Trinajstić information content (AvgIpc) is 2.64. The summed E-state index contributed by atoms with van der Waals surface area (Å²) in [5.41, 5.74) is 2.52. The Balaban J connectivity index is 1.96. The smallest absolute Gasteiger partial charge is 0.234 e. The summed E-state index contributed by atoms with van der Waals surface area (Å²) in [5, 5.41) is 0. The molecule has 0 spiro atoms. The van der Waals surface area contributed by atoms with Crippen molar-refractivity contribution in [1.29, 1.82) is 0 Å². The Morgan fingerprint density at radius 3 is 2.46 bits per heavy atom. The third-order valence-corrected chi connectivity index (χ3v) is 5.71. The molecule has 0 radical (unpaired) electrons. The molecule has 2 aromatic rings. The highest BCUT2D eigenvalue weighted by Gasteiger charge is 2.19. The van der Waals surface area contributed by atoms with Crippen LogP contribution in [0.5, 0.6) is 0 Å². The molecule has 1 aromatic carbocycles. The van der Waals surface area contributed by atoms with E-state index in [1.165, 1.54) is 28.4 Å². The maximum absolute atomic E-state index is 4.83. The Morgan fingerprint density at radius 2 is 1.85 bits per heavy atom. The summed E-state index contributed by atoms with van der Waals surface area (Å²) in [4.78, 5) is 18.6. The zero-order valence-electron chi connectivity index (χ0n) is 16.2. The summed E-state index contributed by atoms with van der Waals surface area (Å²) < 4.78 is 1.23. The number of rotatable bonds is 5. The number of halogens is 1. The predicted octanol–water partition coefficient (Wildman–Crippen LogP) is 5.06. The van der Waals surface area contributed by atoms with E-state index in [4.69, 9.17) is 4.98 Å². The van der Waals surface area contributed by atoms with Crippen molar-refractivity contribution in [2.75, 3.05) is 29.4 Å². The van der Waals surface area contributed by atoms with Crippen LogP contribution in [0.1, 0.15) is 57.3 Å². The quantitative estimate of drug-likeness (QED) is 0.578. The van der Waals surface area contributed by atoms with Gasteiger partial charge in [0.25, 0.3) is 0 Å². The molecule has 0 amide bonds. The Hall–Kier alpha value is -1.44. The van der Waals surface area contributed by atoms with Crippen molar-refractivity contribution >= 4 is 40.2 Å². The van der Waals surface area contributed by atoms with Crippen molar-refractivity contribution in [1.82, 2.24) is 15.0 Å². The van der Waals surface area contributed by atoms with Crippen LogP contribution in [0.15, 0.2) is 18.2 Å². The molecule has 1 aromatic heterocycles. The first kappa shape index (κ1) is 19.3. The lowest BCUT2D eigenvalue weighted by Crippen LogP contribution is -2.32.